The summed E-state index contributed by atoms with van der Waals surface area (Å²) in [5.41, 5.74) is 0.997. The van der Waals surface area contributed by atoms with Crippen LogP contribution in [-0.4, -0.2) is 81.8 Å². The maximum atomic E-state index is 14.7. The third-order valence-corrected chi connectivity index (χ3v) is 8.56. The summed E-state index contributed by atoms with van der Waals surface area (Å²) in [7, 11) is -0.316. The van der Waals surface area contributed by atoms with Crippen molar-refractivity contribution in [1.29, 1.82) is 0 Å². The van der Waals surface area contributed by atoms with Crippen LogP contribution >= 0.6 is 0 Å². The Morgan fingerprint density at radius 2 is 1.88 bits per heavy atom. The van der Waals surface area contributed by atoms with Gasteiger partial charge in [0.25, 0.3) is 5.56 Å². The van der Waals surface area contributed by atoms with Crippen LogP contribution < -0.4 is 15.6 Å². The summed E-state index contributed by atoms with van der Waals surface area (Å²) in [6, 6.07) is 2.27. The first kappa shape index (κ1) is 31.6. The van der Waals surface area contributed by atoms with E-state index in [9.17, 15) is 26.4 Å². The molecular formula is C27H37F3N8O3S. The minimum atomic E-state index is -4.06. The number of alkyl halides is 3. The third-order valence-electron chi connectivity index (χ3n) is 7.29. The topological polar surface area (TPSA) is 135 Å². The molecule has 4 rings (SSSR count). The number of anilines is 2. The SMILES string of the molecule is Cc1nc(NS(=O)(=O)CCC(C)(F)F)ccc1-c1nc2cnc(N[C@H]3CC[C@H](N(C)C)C(F)C3)nc2n(C(C)C)c1=O. The van der Waals surface area contributed by atoms with Crippen LogP contribution in [0.3, 0.4) is 0 Å². The minimum absolute atomic E-state index is 0.0603. The third kappa shape index (κ3) is 7.35. The molecule has 1 aliphatic carbocycles. The first-order valence-corrected chi connectivity index (χ1v) is 15.4. The maximum absolute atomic E-state index is 14.7. The molecule has 15 heteroatoms. The van der Waals surface area contributed by atoms with Gasteiger partial charge in [0.05, 0.1) is 11.9 Å². The van der Waals surface area contributed by atoms with E-state index in [2.05, 4.69) is 30.0 Å². The number of hydrogen-bond acceptors (Lipinski definition) is 9. The number of rotatable bonds is 10. The lowest BCUT2D eigenvalue weighted by atomic mass is 9.89. The Morgan fingerprint density at radius 3 is 2.48 bits per heavy atom. The van der Waals surface area contributed by atoms with Gasteiger partial charge in [0, 0.05) is 42.2 Å². The highest BCUT2D eigenvalue weighted by atomic mass is 32.2. The Hall–Kier alpha value is -3.33. The number of fused-ring (bicyclic) bond motifs is 1. The molecule has 2 N–H and O–H groups in total. The van der Waals surface area contributed by atoms with Gasteiger partial charge >= 0.3 is 0 Å². The van der Waals surface area contributed by atoms with E-state index in [-0.39, 0.29) is 35.6 Å². The predicted octanol–water partition coefficient (Wildman–Crippen LogP) is 4.16. The van der Waals surface area contributed by atoms with Crippen LogP contribution in [0, 0.1) is 6.92 Å². The van der Waals surface area contributed by atoms with Gasteiger partial charge in [-0.3, -0.25) is 14.1 Å². The van der Waals surface area contributed by atoms with Crippen molar-refractivity contribution in [3.63, 3.8) is 0 Å². The molecule has 0 amide bonds. The van der Waals surface area contributed by atoms with E-state index in [1.807, 2.05) is 32.8 Å². The largest absolute Gasteiger partial charge is 0.351 e. The molecule has 3 aromatic heterocycles. The summed E-state index contributed by atoms with van der Waals surface area (Å²) in [5.74, 6) is -3.67. The second-order valence-electron chi connectivity index (χ2n) is 11.4. The zero-order valence-corrected chi connectivity index (χ0v) is 25.3. The van der Waals surface area contributed by atoms with Gasteiger partial charge in [-0.15, -0.1) is 0 Å². The molecule has 11 nitrogen and oxygen atoms in total. The van der Waals surface area contributed by atoms with E-state index >= 15 is 0 Å². The fraction of sp³-hybridized carbons (Fsp3) is 0.593. The quantitative estimate of drug-likeness (QED) is 0.347. The average Bonchev–Trinajstić information content (AvgIpc) is 2.87. The lowest BCUT2D eigenvalue weighted by Gasteiger charge is -2.35. The lowest BCUT2D eigenvalue weighted by Crippen LogP contribution is -2.44. The minimum Gasteiger partial charge on any atom is -0.351 e. The second kappa shape index (κ2) is 12.1. The number of halogens is 3. The van der Waals surface area contributed by atoms with E-state index in [0.29, 0.717) is 42.2 Å². The van der Waals surface area contributed by atoms with Gasteiger partial charge in [-0.25, -0.2) is 36.5 Å². The molecule has 1 saturated carbocycles. The van der Waals surface area contributed by atoms with Gasteiger partial charge in [-0.2, -0.15) is 4.98 Å². The van der Waals surface area contributed by atoms with Gasteiger partial charge in [-0.1, -0.05) is 0 Å². The highest BCUT2D eigenvalue weighted by Gasteiger charge is 2.32. The highest BCUT2D eigenvalue weighted by Crippen LogP contribution is 2.28. The molecule has 1 unspecified atom stereocenters. The van der Waals surface area contributed by atoms with Crippen LogP contribution in [0.15, 0.2) is 23.1 Å². The number of pyridine rings is 1. The van der Waals surface area contributed by atoms with E-state index in [1.54, 1.807) is 6.92 Å². The van der Waals surface area contributed by atoms with Crippen molar-refractivity contribution in [3.8, 4) is 11.3 Å². The number of aromatic nitrogens is 5. The summed E-state index contributed by atoms with van der Waals surface area (Å²) in [6.45, 7) is 5.91. The van der Waals surface area contributed by atoms with Gasteiger partial charge in [0.15, 0.2) is 5.65 Å². The standard InChI is InChI=1S/C27H37F3N8O3S/c1-15(2)38-24-20(14-31-26(35-24)33-17-7-9-21(37(5)6)19(28)13-17)34-23(25(38)39)18-8-10-22(32-16(18)3)36-42(40,41)12-11-27(4,29)30/h8,10,14-15,17,19,21H,7,9,11-13H2,1-6H3,(H,32,36)(H,31,33,35)/t17-,19?,21-/m0/s1. The molecule has 0 spiro atoms. The van der Waals surface area contributed by atoms with E-state index in [4.69, 9.17) is 0 Å². The smallest absolute Gasteiger partial charge is 0.279 e. The van der Waals surface area contributed by atoms with Crippen molar-refractivity contribution in [2.24, 2.45) is 0 Å². The van der Waals surface area contributed by atoms with Gasteiger partial charge in [0.1, 0.15) is 23.2 Å². The van der Waals surface area contributed by atoms with E-state index in [0.717, 1.165) is 6.42 Å². The molecule has 42 heavy (non-hydrogen) atoms. The number of hydrogen-bond donors (Lipinski definition) is 2. The number of nitrogens with one attached hydrogen (secondary N) is 2. The van der Waals surface area contributed by atoms with Crippen molar-refractivity contribution in [2.45, 2.75) is 83.6 Å². The Kier molecular flexibility index (Phi) is 9.11. The van der Waals surface area contributed by atoms with Crippen LogP contribution in [0.5, 0.6) is 0 Å². The van der Waals surface area contributed by atoms with Gasteiger partial charge < -0.3 is 10.2 Å². The summed E-state index contributed by atoms with van der Waals surface area (Å²) in [5, 5.41) is 3.21. The number of sulfonamides is 1. The lowest BCUT2D eigenvalue weighted by molar-refractivity contribution is 0.0189. The second-order valence-corrected chi connectivity index (χ2v) is 13.2. The van der Waals surface area contributed by atoms with Crippen molar-refractivity contribution < 1.29 is 21.6 Å². The highest BCUT2D eigenvalue weighted by molar-refractivity contribution is 7.92. The molecule has 0 aromatic carbocycles. The van der Waals surface area contributed by atoms with Gasteiger partial charge in [-0.05, 0) is 66.8 Å². The van der Waals surface area contributed by atoms with Crippen LogP contribution in [0.1, 0.15) is 58.2 Å². The molecule has 1 fully saturated rings. The fourth-order valence-corrected chi connectivity index (χ4v) is 6.27. The molecule has 3 heterocycles. The van der Waals surface area contributed by atoms with E-state index < -0.39 is 39.9 Å². The predicted molar refractivity (Wildman–Crippen MR) is 156 cm³/mol. The zero-order chi connectivity index (χ0) is 31.0. The van der Waals surface area contributed by atoms with E-state index in [1.165, 1.54) is 22.9 Å². The number of nitrogens with zero attached hydrogens (tertiary/aromatic N) is 6. The fourth-order valence-electron chi connectivity index (χ4n) is 5.11. The first-order chi connectivity index (χ1) is 19.5. The molecule has 0 radical (unpaired) electrons. The molecule has 0 bridgehead atoms. The normalized spacial score (nSPS) is 19.9. The summed E-state index contributed by atoms with van der Waals surface area (Å²) in [6.07, 6.45) is 1.46. The Labute approximate surface area is 243 Å². The summed E-state index contributed by atoms with van der Waals surface area (Å²) in [4.78, 5) is 33.3. The van der Waals surface area contributed by atoms with Crippen molar-refractivity contribution in [3.05, 3.63) is 34.4 Å². The van der Waals surface area contributed by atoms with Crippen LogP contribution in [-0.2, 0) is 10.0 Å². The Balaban J connectivity index is 1.62. The molecule has 0 aliphatic heterocycles. The Morgan fingerprint density at radius 1 is 1.17 bits per heavy atom. The molecular weight excluding hydrogens is 573 g/mol. The molecule has 3 atom stereocenters. The van der Waals surface area contributed by atoms with Crippen molar-refractivity contribution >= 4 is 33.0 Å². The molecule has 3 aromatic rings. The maximum Gasteiger partial charge on any atom is 0.279 e. The van der Waals surface area contributed by atoms with Crippen LogP contribution in [0.2, 0.25) is 0 Å². The van der Waals surface area contributed by atoms with Gasteiger partial charge in [0.2, 0.25) is 21.9 Å². The Bertz CT molecular complexity index is 1610. The van der Waals surface area contributed by atoms with Crippen LogP contribution in [0.25, 0.3) is 22.4 Å². The van der Waals surface area contributed by atoms with Crippen LogP contribution in [0.4, 0.5) is 24.9 Å². The molecule has 1 aliphatic rings. The molecule has 0 saturated heterocycles. The van der Waals surface area contributed by atoms with Crippen molar-refractivity contribution in [1.82, 2.24) is 29.4 Å². The summed E-state index contributed by atoms with van der Waals surface area (Å²) >= 11 is 0. The average molecular weight is 611 g/mol. The number of aryl methyl sites for hydroxylation is 1. The molecule has 230 valence electrons. The zero-order valence-electron chi connectivity index (χ0n) is 24.5. The van der Waals surface area contributed by atoms with Crippen molar-refractivity contribution in [2.75, 3.05) is 29.9 Å². The monoisotopic (exact) mass is 610 g/mol. The summed E-state index contributed by atoms with van der Waals surface area (Å²) < 4.78 is 69.2. The first-order valence-electron chi connectivity index (χ1n) is 13.8.